The van der Waals surface area contributed by atoms with Crippen LogP contribution in [0.15, 0.2) is 42.5 Å². The van der Waals surface area contributed by atoms with E-state index in [9.17, 15) is 13.6 Å². The summed E-state index contributed by atoms with van der Waals surface area (Å²) in [5, 5.41) is 2.32. The van der Waals surface area contributed by atoms with Crippen LogP contribution in [0.1, 0.15) is 0 Å². The highest BCUT2D eigenvalue weighted by Gasteiger charge is 2.20. The van der Waals surface area contributed by atoms with Crippen LogP contribution >= 0.6 is 0 Å². The van der Waals surface area contributed by atoms with Crippen LogP contribution in [0.4, 0.5) is 20.2 Å². The predicted octanol–water partition coefficient (Wildman–Crippen LogP) is 2.73. The summed E-state index contributed by atoms with van der Waals surface area (Å²) in [6, 6.07) is 11.3. The number of ether oxygens (including phenoxy) is 1. The molecule has 0 aromatic heterocycles. The maximum absolute atomic E-state index is 13.6. The lowest BCUT2D eigenvalue weighted by molar-refractivity contribution is -0.117. The number of nitrogens with one attached hydrogen (secondary N) is 1. The van der Waals surface area contributed by atoms with E-state index in [2.05, 4.69) is 10.2 Å². The molecule has 0 unspecified atom stereocenters. The molecule has 138 valence electrons. The highest BCUT2D eigenvalue weighted by molar-refractivity contribution is 5.92. The number of anilines is 2. The summed E-state index contributed by atoms with van der Waals surface area (Å²) >= 11 is 0. The summed E-state index contributed by atoms with van der Waals surface area (Å²) in [5.74, 6) is -1.17. The highest BCUT2D eigenvalue weighted by atomic mass is 19.1. The van der Waals surface area contributed by atoms with E-state index in [0.29, 0.717) is 13.1 Å². The van der Waals surface area contributed by atoms with Crippen molar-refractivity contribution in [3.63, 3.8) is 0 Å². The van der Waals surface area contributed by atoms with Gasteiger partial charge in [-0.3, -0.25) is 9.69 Å². The molecule has 0 saturated carbocycles. The maximum atomic E-state index is 13.6. The third-order valence-corrected chi connectivity index (χ3v) is 4.40. The van der Waals surface area contributed by atoms with Crippen LogP contribution in [0.25, 0.3) is 0 Å². The Bertz CT molecular complexity index is 740. The van der Waals surface area contributed by atoms with Gasteiger partial charge < -0.3 is 15.0 Å². The molecule has 0 bridgehead atoms. The molecule has 7 heteroatoms. The van der Waals surface area contributed by atoms with E-state index in [-0.39, 0.29) is 6.54 Å². The average molecular weight is 361 g/mol. The van der Waals surface area contributed by atoms with Gasteiger partial charge in [0.2, 0.25) is 5.91 Å². The minimum atomic E-state index is -0.775. The number of hydrogen-bond donors (Lipinski definition) is 1. The first-order chi connectivity index (χ1) is 12.6. The molecule has 26 heavy (non-hydrogen) atoms. The molecule has 1 amide bonds. The number of methoxy groups -OCH3 is 1. The van der Waals surface area contributed by atoms with Crippen molar-refractivity contribution in [2.75, 3.05) is 50.1 Å². The van der Waals surface area contributed by atoms with E-state index in [0.717, 1.165) is 36.7 Å². The molecule has 0 aliphatic carbocycles. The Labute approximate surface area is 151 Å². The third kappa shape index (κ3) is 4.29. The molecule has 1 heterocycles. The zero-order valence-electron chi connectivity index (χ0n) is 14.5. The van der Waals surface area contributed by atoms with E-state index >= 15 is 0 Å². The number of hydrogen-bond acceptors (Lipinski definition) is 4. The number of carbonyl (C=O) groups is 1. The van der Waals surface area contributed by atoms with Crippen LogP contribution in [0.5, 0.6) is 5.75 Å². The molecule has 2 aromatic rings. The second-order valence-corrected chi connectivity index (χ2v) is 6.11. The van der Waals surface area contributed by atoms with E-state index in [1.54, 1.807) is 7.11 Å². The largest absolute Gasteiger partial charge is 0.497 e. The van der Waals surface area contributed by atoms with Gasteiger partial charge in [-0.1, -0.05) is 6.07 Å². The average Bonchev–Trinajstić information content (AvgIpc) is 2.66. The van der Waals surface area contributed by atoms with Crippen molar-refractivity contribution < 1.29 is 18.3 Å². The summed E-state index contributed by atoms with van der Waals surface area (Å²) in [5.41, 5.74) is 0.706. The zero-order chi connectivity index (χ0) is 18.5. The second-order valence-electron chi connectivity index (χ2n) is 6.11. The molecule has 0 atom stereocenters. The van der Waals surface area contributed by atoms with Crippen molar-refractivity contribution in [3.8, 4) is 5.75 Å². The number of carbonyl (C=O) groups excluding carboxylic acids is 1. The lowest BCUT2D eigenvalue weighted by atomic mass is 10.2. The number of rotatable bonds is 5. The molecule has 3 rings (SSSR count). The summed E-state index contributed by atoms with van der Waals surface area (Å²) in [6.07, 6.45) is 0. The van der Waals surface area contributed by atoms with E-state index < -0.39 is 23.2 Å². The number of piperazine rings is 1. The van der Waals surface area contributed by atoms with Crippen LogP contribution in [-0.2, 0) is 4.79 Å². The fraction of sp³-hybridized carbons (Fsp3) is 0.316. The predicted molar refractivity (Wildman–Crippen MR) is 96.6 cm³/mol. The molecule has 1 N–H and O–H groups in total. The monoisotopic (exact) mass is 361 g/mol. The van der Waals surface area contributed by atoms with Crippen LogP contribution in [-0.4, -0.2) is 50.6 Å². The third-order valence-electron chi connectivity index (χ3n) is 4.40. The minimum Gasteiger partial charge on any atom is -0.497 e. The van der Waals surface area contributed by atoms with Crippen LogP contribution < -0.4 is 15.0 Å². The molecular formula is C19H21F2N3O2. The normalized spacial score (nSPS) is 15.0. The summed E-state index contributed by atoms with van der Waals surface area (Å²) in [7, 11) is 1.63. The Morgan fingerprint density at radius 1 is 1.04 bits per heavy atom. The Morgan fingerprint density at radius 2 is 1.65 bits per heavy atom. The van der Waals surface area contributed by atoms with Crippen molar-refractivity contribution in [1.82, 2.24) is 4.90 Å². The quantitative estimate of drug-likeness (QED) is 0.890. The molecule has 1 aliphatic heterocycles. The first-order valence-corrected chi connectivity index (χ1v) is 8.42. The fourth-order valence-corrected chi connectivity index (χ4v) is 2.96. The minimum absolute atomic E-state index is 0.101. The van der Waals surface area contributed by atoms with Gasteiger partial charge >= 0.3 is 0 Å². The molecule has 1 aliphatic rings. The number of halogens is 2. The zero-order valence-corrected chi connectivity index (χ0v) is 14.5. The topological polar surface area (TPSA) is 44.8 Å². The second kappa shape index (κ2) is 8.14. The van der Waals surface area contributed by atoms with Gasteiger partial charge in [0.1, 0.15) is 23.1 Å². The standard InChI is InChI=1S/C19H21F2N3O2/c1-26-15-7-5-14(6-8-15)24-11-9-23(10-12-24)13-18(25)22-19-16(20)3-2-4-17(19)21/h2-8H,9-13H2,1H3,(H,22,25). The first kappa shape index (κ1) is 18.1. The summed E-state index contributed by atoms with van der Waals surface area (Å²) in [4.78, 5) is 16.3. The lowest BCUT2D eigenvalue weighted by Crippen LogP contribution is -2.48. The van der Waals surface area contributed by atoms with E-state index in [1.165, 1.54) is 6.07 Å². The Balaban J connectivity index is 1.51. The maximum Gasteiger partial charge on any atom is 0.238 e. The Hall–Kier alpha value is -2.67. The molecule has 1 fully saturated rings. The molecule has 0 radical (unpaired) electrons. The van der Waals surface area contributed by atoms with Crippen molar-refractivity contribution in [2.45, 2.75) is 0 Å². The van der Waals surface area contributed by atoms with Crippen molar-refractivity contribution in [2.24, 2.45) is 0 Å². The van der Waals surface area contributed by atoms with Crippen molar-refractivity contribution in [1.29, 1.82) is 0 Å². The number of para-hydroxylation sites is 1. The summed E-state index contributed by atoms with van der Waals surface area (Å²) in [6.45, 7) is 3.03. The number of benzene rings is 2. The lowest BCUT2D eigenvalue weighted by Gasteiger charge is -2.35. The van der Waals surface area contributed by atoms with Crippen LogP contribution in [0, 0.1) is 11.6 Å². The van der Waals surface area contributed by atoms with Crippen molar-refractivity contribution in [3.05, 3.63) is 54.1 Å². The van der Waals surface area contributed by atoms with Gasteiger partial charge in [-0.15, -0.1) is 0 Å². The van der Waals surface area contributed by atoms with Gasteiger partial charge in [-0.05, 0) is 36.4 Å². The van der Waals surface area contributed by atoms with Gasteiger partial charge in [0, 0.05) is 31.9 Å². The molecule has 1 saturated heterocycles. The van der Waals surface area contributed by atoms with Crippen LogP contribution in [0.3, 0.4) is 0 Å². The summed E-state index contributed by atoms with van der Waals surface area (Å²) < 4.78 is 32.4. The molecule has 2 aromatic carbocycles. The van der Waals surface area contributed by atoms with Gasteiger partial charge in [0.05, 0.1) is 13.7 Å². The van der Waals surface area contributed by atoms with Crippen molar-refractivity contribution >= 4 is 17.3 Å². The first-order valence-electron chi connectivity index (χ1n) is 8.42. The number of nitrogens with zero attached hydrogens (tertiary/aromatic N) is 2. The smallest absolute Gasteiger partial charge is 0.238 e. The van der Waals surface area contributed by atoms with E-state index in [4.69, 9.17) is 4.74 Å². The van der Waals surface area contributed by atoms with E-state index in [1.807, 2.05) is 29.2 Å². The molecule has 0 spiro atoms. The van der Waals surface area contributed by atoms with Gasteiger partial charge in [-0.2, -0.15) is 0 Å². The van der Waals surface area contributed by atoms with Crippen LogP contribution in [0.2, 0.25) is 0 Å². The van der Waals surface area contributed by atoms with Gasteiger partial charge in [-0.25, -0.2) is 8.78 Å². The highest BCUT2D eigenvalue weighted by Crippen LogP contribution is 2.21. The van der Waals surface area contributed by atoms with Gasteiger partial charge in [0.15, 0.2) is 0 Å². The fourth-order valence-electron chi connectivity index (χ4n) is 2.96. The van der Waals surface area contributed by atoms with Gasteiger partial charge in [0.25, 0.3) is 0 Å². The number of amides is 1. The Kier molecular flexibility index (Phi) is 5.68. The molecule has 5 nitrogen and oxygen atoms in total. The SMILES string of the molecule is COc1ccc(N2CCN(CC(=O)Nc3c(F)cccc3F)CC2)cc1. The Morgan fingerprint density at radius 3 is 2.23 bits per heavy atom. The molecular weight excluding hydrogens is 340 g/mol.